The molecule has 0 amide bonds. The highest BCUT2D eigenvalue weighted by molar-refractivity contribution is 5.91. The van der Waals surface area contributed by atoms with E-state index in [2.05, 4.69) is 13.8 Å². The Morgan fingerprint density at radius 1 is 0.569 bits per heavy atom. The predicted octanol–water partition coefficient (Wildman–Crippen LogP) is 3.91. The zero-order chi connectivity index (χ0) is 46.3. The number of methoxy groups -OCH3 is 3. The smallest absolute Gasteiger partial charge is 0.172 e. The number of hydrogen-bond acceptors (Lipinski definition) is 17. The van der Waals surface area contributed by atoms with E-state index < -0.39 is 97.4 Å². The Kier molecular flexibility index (Phi) is 14.3. The van der Waals surface area contributed by atoms with Crippen LogP contribution >= 0.6 is 0 Å². The summed E-state index contributed by atoms with van der Waals surface area (Å²) in [4.78, 5) is 13.5. The monoisotopic (exact) mass is 927 g/mol. The molecule has 3 saturated carbocycles. The Hall–Kier alpha value is -0.970. The lowest BCUT2D eigenvalue weighted by atomic mass is 9.52. The standard InChI is InChI=1S/C48H78O17/c1-22-29-16-31(50)45(52)47(29,7)36-21-35-46(6)13-12-28(15-27(46)11-14-48(35,64-22)65-36)60-38-19-33(54-9)43(25(4)58-38)62-37-17-30(49)42(24(3)57-37)61-40-20-34(55-10)44(26(5)59-40)63-39-18-32(53-8)41(51)23(2)56-39/h22-44,49-51H,11-21H2,1-10H3. The van der Waals surface area contributed by atoms with Gasteiger partial charge in [0.15, 0.2) is 36.7 Å². The molecule has 26 atom stereocenters. The average molecular weight is 927 g/mol. The third kappa shape index (κ3) is 8.83. The minimum Gasteiger partial charge on any atom is -0.390 e. The molecule has 6 heterocycles. The summed E-state index contributed by atoms with van der Waals surface area (Å²) in [7, 11) is 4.86. The number of carbonyl (C=O) groups excluding carboxylic acids is 1. The molecule has 3 N–H and O–H groups in total. The molecule has 9 rings (SSSR count). The third-order valence-electron chi connectivity index (χ3n) is 17.9. The molecule has 9 fully saturated rings. The molecule has 65 heavy (non-hydrogen) atoms. The number of aliphatic hydroxyl groups is 3. The summed E-state index contributed by atoms with van der Waals surface area (Å²) >= 11 is 0. The fraction of sp³-hybridized carbons (Fsp3) is 0.979. The number of hydrogen-bond donors (Lipinski definition) is 3. The van der Waals surface area contributed by atoms with Gasteiger partial charge in [0.05, 0.1) is 72.6 Å². The van der Waals surface area contributed by atoms with Gasteiger partial charge in [-0.05, 0) is 91.4 Å². The molecule has 2 bridgehead atoms. The first-order chi connectivity index (χ1) is 30.9. The maximum atomic E-state index is 13.5. The van der Waals surface area contributed by atoms with Crippen LogP contribution in [0.25, 0.3) is 0 Å². The summed E-state index contributed by atoms with van der Waals surface area (Å²) in [6.45, 7) is 14.0. The van der Waals surface area contributed by atoms with E-state index >= 15 is 0 Å². The lowest BCUT2D eigenvalue weighted by Crippen LogP contribution is -2.58. The molecular weight excluding hydrogens is 849 g/mol. The van der Waals surface area contributed by atoms with Crippen molar-refractivity contribution in [2.45, 2.75) is 248 Å². The summed E-state index contributed by atoms with van der Waals surface area (Å²) < 4.78 is 82.3. The van der Waals surface area contributed by atoms with Crippen LogP contribution < -0.4 is 0 Å². The molecule has 17 heteroatoms. The molecule has 9 aliphatic rings. The Morgan fingerprint density at radius 3 is 1.71 bits per heavy atom. The number of ketones is 1. The zero-order valence-electron chi connectivity index (χ0n) is 40.1. The topological polar surface area (TPSA) is 198 Å². The van der Waals surface area contributed by atoms with Gasteiger partial charge in [0.2, 0.25) is 0 Å². The van der Waals surface area contributed by atoms with Crippen molar-refractivity contribution in [3.63, 3.8) is 0 Å². The van der Waals surface area contributed by atoms with E-state index in [0.717, 1.165) is 38.5 Å². The van der Waals surface area contributed by atoms with Crippen LogP contribution in [0.2, 0.25) is 0 Å². The molecule has 0 aromatic carbocycles. The van der Waals surface area contributed by atoms with Gasteiger partial charge in [-0.25, -0.2) is 0 Å². The number of aliphatic hydroxyl groups excluding tert-OH is 3. The van der Waals surface area contributed by atoms with Crippen LogP contribution in [0.15, 0.2) is 0 Å². The molecule has 26 unspecified atom stereocenters. The lowest BCUT2D eigenvalue weighted by Gasteiger charge is -2.57. The van der Waals surface area contributed by atoms with Crippen LogP contribution in [-0.4, -0.2) is 171 Å². The number of rotatable bonds is 11. The van der Waals surface area contributed by atoms with Crippen LogP contribution in [-0.2, 0) is 66.4 Å². The first-order valence-electron chi connectivity index (χ1n) is 24.7. The highest BCUT2D eigenvalue weighted by Gasteiger charge is 2.71. The van der Waals surface area contributed by atoms with Crippen molar-refractivity contribution < 1.29 is 81.7 Å². The second-order valence-electron chi connectivity index (χ2n) is 21.5. The third-order valence-corrected chi connectivity index (χ3v) is 17.9. The van der Waals surface area contributed by atoms with Crippen molar-refractivity contribution in [2.24, 2.45) is 28.6 Å². The van der Waals surface area contributed by atoms with E-state index in [1.165, 1.54) is 0 Å². The molecule has 0 aromatic rings. The lowest BCUT2D eigenvalue weighted by molar-refractivity contribution is -0.346. The van der Waals surface area contributed by atoms with Crippen molar-refractivity contribution >= 4 is 5.78 Å². The van der Waals surface area contributed by atoms with Crippen molar-refractivity contribution in [1.29, 1.82) is 0 Å². The van der Waals surface area contributed by atoms with Gasteiger partial charge in [0.1, 0.15) is 30.5 Å². The number of ether oxygens (including phenoxy) is 13. The van der Waals surface area contributed by atoms with Crippen LogP contribution in [0.5, 0.6) is 0 Å². The van der Waals surface area contributed by atoms with Crippen LogP contribution in [0.1, 0.15) is 119 Å². The minimum atomic E-state index is -0.952. The van der Waals surface area contributed by atoms with E-state index in [1.54, 1.807) is 28.3 Å². The quantitative estimate of drug-likeness (QED) is 0.252. The number of fused-ring (bicyclic) bond motifs is 5. The first-order valence-corrected chi connectivity index (χ1v) is 24.7. The molecule has 3 aliphatic carbocycles. The van der Waals surface area contributed by atoms with E-state index in [1.807, 2.05) is 27.7 Å². The molecule has 6 saturated heterocycles. The molecule has 1 spiro atoms. The maximum Gasteiger partial charge on any atom is 0.172 e. The number of carbonyl (C=O) groups is 1. The van der Waals surface area contributed by atoms with E-state index in [9.17, 15) is 20.1 Å². The van der Waals surface area contributed by atoms with E-state index in [0.29, 0.717) is 31.6 Å². The molecule has 0 radical (unpaired) electrons. The fourth-order valence-electron chi connectivity index (χ4n) is 14.1. The summed E-state index contributed by atoms with van der Waals surface area (Å²) in [6, 6.07) is 0. The van der Waals surface area contributed by atoms with Crippen molar-refractivity contribution in [3.05, 3.63) is 0 Å². The molecular formula is C48H78O17. The van der Waals surface area contributed by atoms with Gasteiger partial charge in [0, 0.05) is 65.3 Å². The average Bonchev–Trinajstić information content (AvgIpc) is 3.75. The van der Waals surface area contributed by atoms with Gasteiger partial charge in [-0.1, -0.05) is 6.92 Å². The maximum absolute atomic E-state index is 13.5. The Bertz CT molecular complexity index is 1650. The number of Topliss-reactive ketones (excluding diaryl/α,β-unsaturated/α-hetero) is 1. The summed E-state index contributed by atoms with van der Waals surface area (Å²) in [5.74, 6) is -0.277. The first kappa shape index (κ1) is 49.0. The Balaban J connectivity index is 0.754. The zero-order valence-corrected chi connectivity index (χ0v) is 40.1. The molecule has 372 valence electrons. The van der Waals surface area contributed by atoms with Crippen molar-refractivity contribution in [3.8, 4) is 0 Å². The van der Waals surface area contributed by atoms with Gasteiger partial charge in [-0.2, -0.15) is 0 Å². The Labute approximate surface area is 384 Å². The summed E-state index contributed by atoms with van der Waals surface area (Å²) in [5, 5.41) is 32.5. The van der Waals surface area contributed by atoms with E-state index in [4.69, 9.17) is 61.6 Å². The largest absolute Gasteiger partial charge is 0.390 e. The predicted molar refractivity (Wildman–Crippen MR) is 228 cm³/mol. The van der Waals surface area contributed by atoms with Crippen molar-refractivity contribution in [2.75, 3.05) is 21.3 Å². The van der Waals surface area contributed by atoms with Gasteiger partial charge in [-0.15, -0.1) is 0 Å². The van der Waals surface area contributed by atoms with Crippen LogP contribution in [0, 0.1) is 28.6 Å². The second-order valence-corrected chi connectivity index (χ2v) is 21.5. The van der Waals surface area contributed by atoms with E-state index in [-0.39, 0.29) is 66.1 Å². The molecule has 0 aromatic heterocycles. The second kappa shape index (κ2) is 19.0. The normalized spacial score (nSPS) is 55.8. The van der Waals surface area contributed by atoms with Crippen molar-refractivity contribution in [1.82, 2.24) is 0 Å². The van der Waals surface area contributed by atoms with Gasteiger partial charge in [-0.3, -0.25) is 4.79 Å². The van der Waals surface area contributed by atoms with Gasteiger partial charge >= 0.3 is 0 Å². The molecule has 17 nitrogen and oxygen atoms in total. The van der Waals surface area contributed by atoms with Crippen LogP contribution in [0.3, 0.4) is 0 Å². The fourth-order valence-corrected chi connectivity index (χ4v) is 14.1. The van der Waals surface area contributed by atoms with Gasteiger partial charge < -0.3 is 76.9 Å². The highest BCUT2D eigenvalue weighted by Crippen LogP contribution is 2.67. The van der Waals surface area contributed by atoms with Gasteiger partial charge in [0.25, 0.3) is 0 Å². The minimum absolute atomic E-state index is 0.0174. The van der Waals surface area contributed by atoms with Crippen LogP contribution in [0.4, 0.5) is 0 Å². The SMILES string of the molecule is COC1CC(OC2C(C)OC(OC3C(O)CC(OC4C(C)OC(OC5CCC6(C)C(CCC78OC(C)C9CC(O)C(=O)C9(C)C(CC76)O8)C5)CC4OC)OC3C)CC2OC)OC(C)C1O. The highest BCUT2D eigenvalue weighted by atomic mass is 16.8. The summed E-state index contributed by atoms with van der Waals surface area (Å²) in [5.41, 5.74) is -0.779. The molecule has 6 aliphatic heterocycles. The Morgan fingerprint density at radius 2 is 1.11 bits per heavy atom. The summed E-state index contributed by atoms with van der Waals surface area (Å²) in [6.07, 6.45) is -2.94.